The molecule has 1 saturated carbocycles. The summed E-state index contributed by atoms with van der Waals surface area (Å²) in [6, 6.07) is 2.29. The normalized spacial score (nSPS) is 22.2. The predicted octanol–water partition coefficient (Wildman–Crippen LogP) is 3.99. The first-order chi connectivity index (χ1) is 11.6. The summed E-state index contributed by atoms with van der Waals surface area (Å²) in [5.41, 5.74) is 0. The van der Waals surface area contributed by atoms with Gasteiger partial charge in [-0.25, -0.2) is 4.98 Å². The molecule has 1 aromatic heterocycles. The second-order valence-electron chi connectivity index (χ2n) is 7.00. The van der Waals surface area contributed by atoms with E-state index in [0.29, 0.717) is 28.2 Å². The zero-order valence-electron chi connectivity index (χ0n) is 14.2. The molecule has 1 aliphatic heterocycles. The maximum Gasteiger partial charge on any atom is 0.232 e. The molecule has 5 nitrogen and oxygen atoms in total. The molecule has 1 aromatic rings. The molecule has 24 heavy (non-hydrogen) atoms. The van der Waals surface area contributed by atoms with Crippen molar-refractivity contribution >= 4 is 40.7 Å². The summed E-state index contributed by atoms with van der Waals surface area (Å²) in [6.45, 7) is 4.30. The molecule has 7 heteroatoms. The number of rotatable bonds is 3. The SMILES string of the molecule is C[C@@H]1CCCN(c2cc(Cl)nc(NC(=S)NC3CCCCC3)n2)C1. The Bertz CT molecular complexity index is 576. The summed E-state index contributed by atoms with van der Waals surface area (Å²) in [5, 5.41) is 7.52. The fraction of sp³-hybridized carbons (Fsp3) is 0.706. The number of nitrogens with one attached hydrogen (secondary N) is 2. The van der Waals surface area contributed by atoms with Gasteiger partial charge in [0.2, 0.25) is 5.95 Å². The van der Waals surface area contributed by atoms with Crippen LogP contribution in [0.1, 0.15) is 51.9 Å². The van der Waals surface area contributed by atoms with Crippen LogP contribution in [0.2, 0.25) is 5.15 Å². The van der Waals surface area contributed by atoms with Crippen molar-refractivity contribution in [3.05, 3.63) is 11.2 Å². The summed E-state index contributed by atoms with van der Waals surface area (Å²) in [4.78, 5) is 11.2. The molecule has 3 rings (SSSR count). The lowest BCUT2D eigenvalue weighted by atomic mass is 9.96. The third-order valence-electron chi connectivity index (χ3n) is 4.83. The molecule has 2 heterocycles. The van der Waals surface area contributed by atoms with Crippen LogP contribution in [0.25, 0.3) is 0 Å². The van der Waals surface area contributed by atoms with Crippen molar-refractivity contribution in [2.45, 2.75) is 57.9 Å². The Morgan fingerprint density at radius 1 is 1.21 bits per heavy atom. The fourth-order valence-corrected chi connectivity index (χ4v) is 4.03. The first-order valence-electron chi connectivity index (χ1n) is 8.97. The van der Waals surface area contributed by atoms with Gasteiger partial charge >= 0.3 is 0 Å². The van der Waals surface area contributed by atoms with Gasteiger partial charge < -0.3 is 15.5 Å². The largest absolute Gasteiger partial charge is 0.360 e. The van der Waals surface area contributed by atoms with E-state index in [2.05, 4.69) is 32.4 Å². The molecule has 0 aromatic carbocycles. The van der Waals surface area contributed by atoms with Crippen molar-refractivity contribution in [2.75, 3.05) is 23.3 Å². The van der Waals surface area contributed by atoms with E-state index >= 15 is 0 Å². The molecule has 2 N–H and O–H groups in total. The van der Waals surface area contributed by atoms with Crippen LogP contribution in [0.3, 0.4) is 0 Å². The lowest BCUT2D eigenvalue weighted by Gasteiger charge is -2.32. The van der Waals surface area contributed by atoms with E-state index in [9.17, 15) is 0 Å². The smallest absolute Gasteiger partial charge is 0.232 e. The van der Waals surface area contributed by atoms with Gasteiger partial charge in [-0.3, -0.25) is 0 Å². The number of hydrogen-bond acceptors (Lipinski definition) is 4. The highest BCUT2D eigenvalue weighted by Gasteiger charge is 2.19. The van der Waals surface area contributed by atoms with Gasteiger partial charge in [-0.1, -0.05) is 37.8 Å². The van der Waals surface area contributed by atoms with Crippen LogP contribution in [0.4, 0.5) is 11.8 Å². The van der Waals surface area contributed by atoms with Crippen molar-refractivity contribution in [3.8, 4) is 0 Å². The van der Waals surface area contributed by atoms with Crippen LogP contribution in [0, 0.1) is 5.92 Å². The zero-order chi connectivity index (χ0) is 16.9. The van der Waals surface area contributed by atoms with Crippen LogP contribution in [0.5, 0.6) is 0 Å². The third kappa shape index (κ3) is 4.93. The van der Waals surface area contributed by atoms with E-state index in [1.165, 1.54) is 44.9 Å². The lowest BCUT2D eigenvalue weighted by molar-refractivity contribution is 0.414. The highest BCUT2D eigenvalue weighted by molar-refractivity contribution is 7.80. The van der Waals surface area contributed by atoms with Gasteiger partial charge in [0.05, 0.1) is 0 Å². The number of piperidine rings is 1. The first-order valence-corrected chi connectivity index (χ1v) is 9.76. The highest BCUT2D eigenvalue weighted by Crippen LogP contribution is 2.24. The van der Waals surface area contributed by atoms with Crippen molar-refractivity contribution in [1.29, 1.82) is 0 Å². The van der Waals surface area contributed by atoms with Gasteiger partial charge in [0, 0.05) is 25.2 Å². The molecule has 2 fully saturated rings. The second-order valence-corrected chi connectivity index (χ2v) is 7.79. The van der Waals surface area contributed by atoms with E-state index in [4.69, 9.17) is 23.8 Å². The highest BCUT2D eigenvalue weighted by atomic mass is 35.5. The molecule has 0 unspecified atom stereocenters. The molecule has 132 valence electrons. The third-order valence-corrected chi connectivity index (χ3v) is 5.24. The van der Waals surface area contributed by atoms with Gasteiger partial charge in [0.25, 0.3) is 0 Å². The molecule has 0 amide bonds. The van der Waals surface area contributed by atoms with Crippen LogP contribution >= 0.6 is 23.8 Å². The van der Waals surface area contributed by atoms with Crippen LogP contribution in [-0.2, 0) is 0 Å². The second kappa shape index (κ2) is 8.30. The Kier molecular flexibility index (Phi) is 6.11. The van der Waals surface area contributed by atoms with Crippen molar-refractivity contribution in [2.24, 2.45) is 5.92 Å². The maximum absolute atomic E-state index is 6.20. The Labute approximate surface area is 154 Å². The van der Waals surface area contributed by atoms with Gasteiger partial charge in [-0.05, 0) is 43.8 Å². The minimum atomic E-state index is 0.446. The number of halogens is 1. The van der Waals surface area contributed by atoms with Crippen molar-refractivity contribution < 1.29 is 0 Å². The van der Waals surface area contributed by atoms with E-state index in [0.717, 1.165) is 18.9 Å². The van der Waals surface area contributed by atoms with E-state index < -0.39 is 0 Å². The molecule has 1 atom stereocenters. The zero-order valence-corrected chi connectivity index (χ0v) is 15.8. The summed E-state index contributed by atoms with van der Waals surface area (Å²) in [7, 11) is 0. The average Bonchev–Trinajstić information content (AvgIpc) is 2.55. The predicted molar refractivity (Wildman–Crippen MR) is 104 cm³/mol. The van der Waals surface area contributed by atoms with Gasteiger partial charge in [0.15, 0.2) is 5.11 Å². The molecule has 1 saturated heterocycles. The number of nitrogens with zero attached hydrogens (tertiary/aromatic N) is 3. The van der Waals surface area contributed by atoms with Crippen LogP contribution in [0.15, 0.2) is 6.07 Å². The van der Waals surface area contributed by atoms with Crippen molar-refractivity contribution in [3.63, 3.8) is 0 Å². The molecule has 0 spiro atoms. The minimum Gasteiger partial charge on any atom is -0.360 e. The summed E-state index contributed by atoms with van der Waals surface area (Å²) >= 11 is 11.6. The first kappa shape index (κ1) is 17.7. The maximum atomic E-state index is 6.20. The minimum absolute atomic E-state index is 0.446. The molecule has 0 bridgehead atoms. The number of anilines is 2. The molecule has 2 aliphatic rings. The lowest BCUT2D eigenvalue weighted by Crippen LogP contribution is -2.39. The Morgan fingerprint density at radius 2 is 2.00 bits per heavy atom. The average molecular weight is 368 g/mol. The number of thiocarbonyl (C=S) groups is 1. The fourth-order valence-electron chi connectivity index (χ4n) is 3.59. The topological polar surface area (TPSA) is 53.1 Å². The monoisotopic (exact) mass is 367 g/mol. The van der Waals surface area contributed by atoms with Crippen LogP contribution in [-0.4, -0.2) is 34.2 Å². The molecular weight excluding hydrogens is 342 g/mol. The Balaban J connectivity index is 1.63. The molecule has 0 radical (unpaired) electrons. The molecular formula is C17H26ClN5S. The summed E-state index contributed by atoms with van der Waals surface area (Å²) < 4.78 is 0. The van der Waals surface area contributed by atoms with E-state index in [-0.39, 0.29) is 0 Å². The van der Waals surface area contributed by atoms with Gasteiger partial charge in [-0.15, -0.1) is 0 Å². The summed E-state index contributed by atoms with van der Waals surface area (Å²) in [6.07, 6.45) is 8.68. The molecule has 1 aliphatic carbocycles. The van der Waals surface area contributed by atoms with Gasteiger partial charge in [0.1, 0.15) is 11.0 Å². The van der Waals surface area contributed by atoms with Gasteiger partial charge in [-0.2, -0.15) is 4.98 Å². The number of hydrogen-bond donors (Lipinski definition) is 2. The quantitative estimate of drug-likeness (QED) is 0.622. The standard InChI is InChI=1S/C17H26ClN5S/c1-12-6-5-9-23(11-12)15-10-14(18)20-16(21-15)22-17(24)19-13-7-3-2-4-8-13/h10,12-13H,2-9,11H2,1H3,(H2,19,20,21,22,24)/t12-/m1/s1. The number of aromatic nitrogens is 2. The summed E-state index contributed by atoms with van der Waals surface area (Å²) in [5.74, 6) is 2.03. The Hall–Kier alpha value is -1.14. The van der Waals surface area contributed by atoms with Crippen molar-refractivity contribution in [1.82, 2.24) is 15.3 Å². The Morgan fingerprint density at radius 3 is 2.75 bits per heavy atom. The van der Waals surface area contributed by atoms with E-state index in [1.807, 2.05) is 6.07 Å². The van der Waals surface area contributed by atoms with E-state index in [1.54, 1.807) is 0 Å². The van der Waals surface area contributed by atoms with Crippen LogP contribution < -0.4 is 15.5 Å².